The number of nitrogens with zero attached hydrogens (tertiary/aromatic N) is 1. The van der Waals surface area contributed by atoms with E-state index in [4.69, 9.17) is 15.2 Å². The maximum Gasteiger partial charge on any atom is 0.188 e. The summed E-state index contributed by atoms with van der Waals surface area (Å²) in [5.41, 5.74) is 8.07. The van der Waals surface area contributed by atoms with Crippen LogP contribution in [0.15, 0.2) is 23.2 Å². The van der Waals surface area contributed by atoms with Gasteiger partial charge in [0.15, 0.2) is 5.96 Å². The molecule has 0 bridgehead atoms. The fourth-order valence-electron chi connectivity index (χ4n) is 1.88. The SMILES string of the molecule is COCCOc1cc(C)ccc1CN=C(N)NCCC(C)C.I. The predicted molar refractivity (Wildman–Crippen MR) is 107 cm³/mol. The average Bonchev–Trinajstić information content (AvgIpc) is 2.46. The second kappa shape index (κ2) is 12.4. The summed E-state index contributed by atoms with van der Waals surface area (Å²) in [6.45, 7) is 8.85. The lowest BCUT2D eigenvalue weighted by Gasteiger charge is -2.12. The van der Waals surface area contributed by atoms with E-state index in [0.29, 0.717) is 31.6 Å². The van der Waals surface area contributed by atoms with Crippen LogP contribution in [0.5, 0.6) is 5.75 Å². The Bertz CT molecular complexity index is 479. The van der Waals surface area contributed by atoms with Gasteiger partial charge in [0.1, 0.15) is 12.4 Å². The van der Waals surface area contributed by atoms with Crippen LogP contribution in [-0.2, 0) is 11.3 Å². The number of nitrogens with two attached hydrogens (primary N) is 1. The predicted octanol–water partition coefficient (Wildman–Crippen LogP) is 3.09. The molecule has 0 amide bonds. The summed E-state index contributed by atoms with van der Waals surface area (Å²) in [5, 5.41) is 3.13. The molecule has 0 atom stereocenters. The summed E-state index contributed by atoms with van der Waals surface area (Å²) in [5.74, 6) is 1.97. The van der Waals surface area contributed by atoms with Gasteiger partial charge in [0.05, 0.1) is 13.2 Å². The van der Waals surface area contributed by atoms with Gasteiger partial charge in [0.2, 0.25) is 0 Å². The fraction of sp³-hybridized carbons (Fsp3) is 0.588. The zero-order chi connectivity index (χ0) is 16.4. The monoisotopic (exact) mass is 435 g/mol. The van der Waals surface area contributed by atoms with Gasteiger partial charge in [-0.1, -0.05) is 26.0 Å². The summed E-state index contributed by atoms with van der Waals surface area (Å²) in [7, 11) is 1.66. The lowest BCUT2D eigenvalue weighted by Crippen LogP contribution is -2.32. The molecule has 0 radical (unpaired) electrons. The molecule has 3 N–H and O–H groups in total. The van der Waals surface area contributed by atoms with E-state index in [1.165, 1.54) is 0 Å². The third-order valence-electron chi connectivity index (χ3n) is 3.22. The van der Waals surface area contributed by atoms with Crippen LogP contribution >= 0.6 is 24.0 Å². The quantitative estimate of drug-likeness (QED) is 0.271. The Morgan fingerprint density at radius 3 is 2.70 bits per heavy atom. The molecule has 0 aliphatic rings. The minimum atomic E-state index is 0. The highest BCUT2D eigenvalue weighted by Crippen LogP contribution is 2.21. The summed E-state index contributed by atoms with van der Waals surface area (Å²) in [6.07, 6.45) is 1.08. The van der Waals surface area contributed by atoms with Gasteiger partial charge in [-0.05, 0) is 30.9 Å². The highest BCUT2D eigenvalue weighted by molar-refractivity contribution is 14.0. The summed E-state index contributed by atoms with van der Waals surface area (Å²) < 4.78 is 10.8. The van der Waals surface area contributed by atoms with Crippen molar-refractivity contribution in [3.05, 3.63) is 29.3 Å². The van der Waals surface area contributed by atoms with Gasteiger partial charge in [-0.25, -0.2) is 4.99 Å². The van der Waals surface area contributed by atoms with Gasteiger partial charge >= 0.3 is 0 Å². The Hall–Kier alpha value is -1.02. The number of methoxy groups -OCH3 is 1. The van der Waals surface area contributed by atoms with E-state index in [2.05, 4.69) is 30.2 Å². The second-order valence-corrected chi connectivity index (χ2v) is 5.76. The maximum atomic E-state index is 5.89. The van der Waals surface area contributed by atoms with Crippen LogP contribution in [-0.4, -0.2) is 32.8 Å². The van der Waals surface area contributed by atoms with Crippen LogP contribution in [0.4, 0.5) is 0 Å². The average molecular weight is 435 g/mol. The molecule has 0 fully saturated rings. The van der Waals surface area contributed by atoms with Crippen molar-refractivity contribution in [1.29, 1.82) is 0 Å². The Labute approximate surface area is 157 Å². The first-order chi connectivity index (χ1) is 10.5. The van der Waals surface area contributed by atoms with Crippen molar-refractivity contribution < 1.29 is 9.47 Å². The molecule has 1 rings (SSSR count). The minimum Gasteiger partial charge on any atom is -0.491 e. The van der Waals surface area contributed by atoms with Crippen LogP contribution in [0.25, 0.3) is 0 Å². The molecule has 0 aliphatic heterocycles. The van der Waals surface area contributed by atoms with Crippen molar-refractivity contribution in [1.82, 2.24) is 5.32 Å². The maximum absolute atomic E-state index is 5.89. The lowest BCUT2D eigenvalue weighted by atomic mass is 10.1. The van der Waals surface area contributed by atoms with Crippen LogP contribution in [0, 0.1) is 12.8 Å². The molecule has 0 saturated carbocycles. The Kier molecular flexibility index (Phi) is 11.9. The molecule has 0 unspecified atom stereocenters. The van der Waals surface area contributed by atoms with E-state index in [-0.39, 0.29) is 24.0 Å². The summed E-state index contributed by atoms with van der Waals surface area (Å²) in [6, 6.07) is 6.10. The van der Waals surface area contributed by atoms with Gasteiger partial charge in [-0.2, -0.15) is 0 Å². The van der Waals surface area contributed by atoms with Gasteiger partial charge in [-0.3, -0.25) is 0 Å². The Morgan fingerprint density at radius 2 is 2.04 bits per heavy atom. The van der Waals surface area contributed by atoms with E-state index in [1.54, 1.807) is 7.11 Å². The van der Waals surface area contributed by atoms with Crippen LogP contribution in [0.3, 0.4) is 0 Å². The second-order valence-electron chi connectivity index (χ2n) is 5.76. The first kappa shape index (κ1) is 22.0. The molecular formula is C17H30IN3O2. The van der Waals surface area contributed by atoms with Crippen molar-refractivity contribution >= 4 is 29.9 Å². The van der Waals surface area contributed by atoms with Crippen LogP contribution < -0.4 is 15.8 Å². The molecule has 0 heterocycles. The Morgan fingerprint density at radius 1 is 1.30 bits per heavy atom. The van der Waals surface area contributed by atoms with Gasteiger partial charge in [0.25, 0.3) is 0 Å². The van der Waals surface area contributed by atoms with E-state index < -0.39 is 0 Å². The van der Waals surface area contributed by atoms with E-state index in [9.17, 15) is 0 Å². The smallest absolute Gasteiger partial charge is 0.188 e. The molecule has 6 heteroatoms. The zero-order valence-corrected chi connectivity index (χ0v) is 16.9. The van der Waals surface area contributed by atoms with Crippen molar-refractivity contribution in [2.45, 2.75) is 33.7 Å². The van der Waals surface area contributed by atoms with Crippen LogP contribution in [0.2, 0.25) is 0 Å². The van der Waals surface area contributed by atoms with Crippen molar-refractivity contribution in [3.8, 4) is 5.75 Å². The molecule has 1 aromatic carbocycles. The van der Waals surface area contributed by atoms with Gasteiger partial charge < -0.3 is 20.5 Å². The first-order valence-electron chi connectivity index (χ1n) is 7.78. The number of ether oxygens (including phenoxy) is 2. The standard InChI is InChI=1S/C17H29N3O2.HI/c1-13(2)7-8-19-17(18)20-12-15-6-5-14(3)11-16(15)22-10-9-21-4;/h5-6,11,13H,7-10,12H2,1-4H3,(H3,18,19,20);1H. The lowest BCUT2D eigenvalue weighted by molar-refractivity contribution is 0.146. The highest BCUT2D eigenvalue weighted by Gasteiger charge is 2.04. The number of nitrogens with one attached hydrogen (secondary N) is 1. The third-order valence-corrected chi connectivity index (χ3v) is 3.22. The number of aryl methyl sites for hydroxylation is 1. The molecular weight excluding hydrogens is 405 g/mol. The van der Waals surface area contributed by atoms with Crippen molar-refractivity contribution in [3.63, 3.8) is 0 Å². The normalized spacial score (nSPS) is 11.3. The minimum absolute atomic E-state index is 0. The largest absolute Gasteiger partial charge is 0.491 e. The van der Waals surface area contributed by atoms with Crippen molar-refractivity contribution in [2.75, 3.05) is 26.9 Å². The summed E-state index contributed by atoms with van der Waals surface area (Å²) >= 11 is 0. The number of rotatable bonds is 9. The molecule has 0 saturated heterocycles. The fourth-order valence-corrected chi connectivity index (χ4v) is 1.88. The summed E-state index contributed by atoms with van der Waals surface area (Å²) in [4.78, 5) is 4.38. The molecule has 23 heavy (non-hydrogen) atoms. The Balaban J connectivity index is 0.00000484. The first-order valence-corrected chi connectivity index (χ1v) is 7.78. The molecule has 1 aromatic rings. The number of hydrogen-bond donors (Lipinski definition) is 2. The van der Waals surface area contributed by atoms with Crippen LogP contribution in [0.1, 0.15) is 31.4 Å². The van der Waals surface area contributed by atoms with Crippen molar-refractivity contribution in [2.24, 2.45) is 16.6 Å². The highest BCUT2D eigenvalue weighted by atomic mass is 127. The number of guanidine groups is 1. The zero-order valence-electron chi connectivity index (χ0n) is 14.6. The molecule has 0 aromatic heterocycles. The van der Waals surface area contributed by atoms with Gasteiger partial charge in [0, 0.05) is 19.2 Å². The number of halogens is 1. The van der Waals surface area contributed by atoms with E-state index in [0.717, 1.165) is 29.8 Å². The molecule has 0 spiro atoms. The molecule has 5 nitrogen and oxygen atoms in total. The van der Waals surface area contributed by atoms with E-state index in [1.807, 2.05) is 19.1 Å². The number of benzene rings is 1. The molecule has 132 valence electrons. The molecule has 0 aliphatic carbocycles. The van der Waals surface area contributed by atoms with Gasteiger partial charge in [-0.15, -0.1) is 24.0 Å². The topological polar surface area (TPSA) is 68.9 Å². The third kappa shape index (κ3) is 9.65. The number of hydrogen-bond acceptors (Lipinski definition) is 3. The van der Waals surface area contributed by atoms with E-state index >= 15 is 0 Å². The number of aliphatic imine (C=N–C) groups is 1.